The predicted molar refractivity (Wildman–Crippen MR) is 88.8 cm³/mol. The summed E-state index contributed by atoms with van der Waals surface area (Å²) < 4.78 is 5.64. The molecule has 1 atom stereocenters. The van der Waals surface area contributed by atoms with Crippen molar-refractivity contribution in [2.24, 2.45) is 0 Å². The average molecular weight is 325 g/mol. The Morgan fingerprint density at radius 2 is 2.08 bits per heavy atom. The van der Waals surface area contributed by atoms with Crippen LogP contribution in [0.2, 0.25) is 0 Å². The van der Waals surface area contributed by atoms with Gasteiger partial charge in [0, 0.05) is 23.2 Å². The molecule has 124 valence electrons. The lowest BCUT2D eigenvalue weighted by atomic mass is 10.0. The summed E-state index contributed by atoms with van der Waals surface area (Å²) in [4.78, 5) is 15.0. The lowest BCUT2D eigenvalue weighted by Crippen LogP contribution is -2.44. The van der Waals surface area contributed by atoms with E-state index >= 15 is 0 Å². The Bertz CT molecular complexity index is 878. The number of rotatable bonds is 2. The third-order valence-corrected chi connectivity index (χ3v) is 4.58. The Morgan fingerprint density at radius 1 is 1.25 bits per heavy atom. The number of hydrogen-bond acceptors (Lipinski definition) is 4. The molecule has 3 heterocycles. The van der Waals surface area contributed by atoms with E-state index in [1.807, 2.05) is 43.0 Å². The smallest absolute Gasteiger partial charge is 0.275 e. The van der Waals surface area contributed by atoms with Gasteiger partial charge in [-0.25, -0.2) is 0 Å². The van der Waals surface area contributed by atoms with Crippen LogP contribution in [-0.2, 0) is 4.74 Å². The van der Waals surface area contributed by atoms with E-state index in [9.17, 15) is 4.79 Å². The molecule has 7 nitrogen and oxygen atoms in total. The first-order chi connectivity index (χ1) is 11.7. The number of nitrogens with zero attached hydrogens (tertiary/aromatic N) is 3. The molecule has 3 aromatic rings. The molecule has 0 radical (unpaired) electrons. The van der Waals surface area contributed by atoms with Crippen molar-refractivity contribution >= 4 is 16.8 Å². The van der Waals surface area contributed by atoms with Crippen molar-refractivity contribution in [2.75, 3.05) is 19.8 Å². The van der Waals surface area contributed by atoms with Gasteiger partial charge in [0.2, 0.25) is 0 Å². The lowest BCUT2D eigenvalue weighted by Gasteiger charge is -2.35. The Labute approximate surface area is 139 Å². The van der Waals surface area contributed by atoms with Gasteiger partial charge in [-0.2, -0.15) is 10.2 Å². The summed E-state index contributed by atoms with van der Waals surface area (Å²) in [6.07, 6.45) is 0. The quantitative estimate of drug-likeness (QED) is 0.755. The summed E-state index contributed by atoms with van der Waals surface area (Å²) in [6, 6.07) is 7.51. The molecule has 2 aromatic heterocycles. The van der Waals surface area contributed by atoms with Crippen LogP contribution < -0.4 is 0 Å². The van der Waals surface area contributed by atoms with Gasteiger partial charge in [0.15, 0.2) is 5.69 Å². The normalized spacial score (nSPS) is 18.2. The number of aryl methyl sites for hydroxylation is 2. The van der Waals surface area contributed by atoms with Crippen LogP contribution in [0.1, 0.15) is 33.5 Å². The summed E-state index contributed by atoms with van der Waals surface area (Å²) >= 11 is 0. The molecule has 0 aliphatic carbocycles. The minimum absolute atomic E-state index is 0.0826. The lowest BCUT2D eigenvalue weighted by molar-refractivity contribution is -0.00322. The van der Waals surface area contributed by atoms with Crippen LogP contribution in [0.4, 0.5) is 0 Å². The largest absolute Gasteiger partial charge is 0.377 e. The topological polar surface area (TPSA) is 86.9 Å². The zero-order chi connectivity index (χ0) is 16.7. The molecule has 1 saturated heterocycles. The Balaban J connectivity index is 1.74. The minimum atomic E-state index is -0.152. The summed E-state index contributed by atoms with van der Waals surface area (Å²) in [5, 5.41) is 15.3. The summed E-state index contributed by atoms with van der Waals surface area (Å²) in [7, 11) is 0. The highest BCUT2D eigenvalue weighted by Crippen LogP contribution is 2.30. The van der Waals surface area contributed by atoms with E-state index in [0.29, 0.717) is 25.5 Å². The van der Waals surface area contributed by atoms with Gasteiger partial charge < -0.3 is 9.64 Å². The fourth-order valence-electron chi connectivity index (χ4n) is 3.40. The molecule has 7 heteroatoms. The number of carbonyl (C=O) groups excluding carboxylic acids is 1. The number of morpholine rings is 1. The number of nitrogens with one attached hydrogen (secondary N) is 2. The molecule has 1 fully saturated rings. The number of carbonyl (C=O) groups is 1. The van der Waals surface area contributed by atoms with Crippen molar-refractivity contribution in [1.29, 1.82) is 0 Å². The number of amides is 1. The first-order valence-electron chi connectivity index (χ1n) is 8.00. The predicted octanol–water partition coefficient (Wildman–Crippen LogP) is 2.12. The van der Waals surface area contributed by atoms with Gasteiger partial charge in [-0.15, -0.1) is 0 Å². The fraction of sp³-hybridized carbons (Fsp3) is 0.353. The van der Waals surface area contributed by atoms with E-state index in [1.165, 1.54) is 0 Å². The Kier molecular flexibility index (Phi) is 3.57. The van der Waals surface area contributed by atoms with E-state index in [4.69, 9.17) is 4.74 Å². The molecule has 1 amide bonds. The highest BCUT2D eigenvalue weighted by Gasteiger charge is 2.33. The first kappa shape index (κ1) is 14.9. The number of hydrogen-bond donors (Lipinski definition) is 2. The van der Waals surface area contributed by atoms with Crippen molar-refractivity contribution < 1.29 is 9.53 Å². The number of H-pyrrole nitrogens is 2. The van der Waals surface area contributed by atoms with Gasteiger partial charge in [0.05, 0.1) is 30.5 Å². The van der Waals surface area contributed by atoms with Gasteiger partial charge in [-0.05, 0) is 19.9 Å². The second-order valence-corrected chi connectivity index (χ2v) is 6.05. The van der Waals surface area contributed by atoms with Gasteiger partial charge in [-0.3, -0.25) is 15.0 Å². The maximum Gasteiger partial charge on any atom is 0.275 e. The highest BCUT2D eigenvalue weighted by atomic mass is 16.5. The number of benzene rings is 1. The maximum atomic E-state index is 13.2. The van der Waals surface area contributed by atoms with E-state index in [2.05, 4.69) is 20.4 Å². The van der Waals surface area contributed by atoms with E-state index in [1.54, 1.807) is 0 Å². The van der Waals surface area contributed by atoms with Crippen LogP contribution in [0.5, 0.6) is 0 Å². The van der Waals surface area contributed by atoms with E-state index in [-0.39, 0.29) is 11.9 Å². The zero-order valence-corrected chi connectivity index (χ0v) is 13.7. The molecule has 1 aliphatic rings. The second-order valence-electron chi connectivity index (χ2n) is 6.05. The average Bonchev–Trinajstić information content (AvgIpc) is 3.18. The molecule has 0 unspecified atom stereocenters. The van der Waals surface area contributed by atoms with Crippen LogP contribution in [0.15, 0.2) is 24.3 Å². The third-order valence-electron chi connectivity index (χ3n) is 4.58. The summed E-state index contributed by atoms with van der Waals surface area (Å²) in [5.74, 6) is -0.0826. The van der Waals surface area contributed by atoms with Crippen molar-refractivity contribution in [3.63, 3.8) is 0 Å². The molecular weight excluding hydrogens is 306 g/mol. The van der Waals surface area contributed by atoms with Crippen LogP contribution in [0, 0.1) is 13.8 Å². The number of fused-ring (bicyclic) bond motifs is 1. The van der Waals surface area contributed by atoms with Gasteiger partial charge in [-0.1, -0.05) is 18.2 Å². The van der Waals surface area contributed by atoms with Crippen LogP contribution in [0.25, 0.3) is 10.9 Å². The molecule has 0 spiro atoms. The fourth-order valence-corrected chi connectivity index (χ4v) is 3.40. The van der Waals surface area contributed by atoms with Gasteiger partial charge >= 0.3 is 0 Å². The van der Waals surface area contributed by atoms with Crippen LogP contribution in [0.3, 0.4) is 0 Å². The molecule has 4 rings (SSSR count). The van der Waals surface area contributed by atoms with Crippen molar-refractivity contribution in [3.05, 3.63) is 46.9 Å². The second kappa shape index (κ2) is 5.76. The van der Waals surface area contributed by atoms with Crippen molar-refractivity contribution in [3.8, 4) is 0 Å². The summed E-state index contributed by atoms with van der Waals surface area (Å²) in [5.41, 5.74) is 4.21. The highest BCUT2D eigenvalue weighted by molar-refractivity contribution is 6.04. The van der Waals surface area contributed by atoms with Gasteiger partial charge in [0.25, 0.3) is 5.91 Å². The Hall–Kier alpha value is -2.67. The minimum Gasteiger partial charge on any atom is -0.377 e. The maximum absolute atomic E-state index is 13.2. The van der Waals surface area contributed by atoms with Crippen molar-refractivity contribution in [2.45, 2.75) is 19.9 Å². The van der Waals surface area contributed by atoms with Gasteiger partial charge in [0.1, 0.15) is 0 Å². The van der Waals surface area contributed by atoms with E-state index in [0.717, 1.165) is 27.9 Å². The van der Waals surface area contributed by atoms with Crippen LogP contribution in [-0.4, -0.2) is 51.0 Å². The molecular formula is C17H19N5O2. The molecule has 1 aliphatic heterocycles. The molecule has 24 heavy (non-hydrogen) atoms. The third kappa shape index (κ3) is 2.28. The molecule has 1 aromatic carbocycles. The first-order valence-corrected chi connectivity index (χ1v) is 8.00. The molecule has 0 bridgehead atoms. The number of aromatic nitrogens is 4. The van der Waals surface area contributed by atoms with Crippen molar-refractivity contribution in [1.82, 2.24) is 25.3 Å². The number of ether oxygens (including phenoxy) is 1. The number of aromatic amines is 2. The Morgan fingerprint density at radius 3 is 2.88 bits per heavy atom. The van der Waals surface area contributed by atoms with Crippen LogP contribution >= 0.6 is 0 Å². The standard InChI is InChI=1S/C17H19N5O2/c1-10-15(11(2)19-18-10)14-9-24-8-7-22(14)17(23)16-12-5-3-4-6-13(12)20-21-16/h3-6,14H,7-9H2,1-2H3,(H,18,19)(H,20,21)/t14-/m1/s1. The zero-order valence-electron chi connectivity index (χ0n) is 13.7. The molecule has 0 saturated carbocycles. The SMILES string of the molecule is Cc1n[nH]c(C)c1[C@H]1COCCN1C(=O)c1n[nH]c2ccccc12. The monoisotopic (exact) mass is 325 g/mol. The number of para-hydroxylation sites is 1. The molecule has 2 N–H and O–H groups in total. The summed E-state index contributed by atoms with van der Waals surface area (Å²) in [6.45, 7) is 5.45. The van der Waals surface area contributed by atoms with E-state index < -0.39 is 0 Å².